The molecule has 12 heavy (non-hydrogen) atoms. The zero-order valence-electron chi connectivity index (χ0n) is 6.98. The predicted octanol–water partition coefficient (Wildman–Crippen LogP) is 1.15. The highest BCUT2D eigenvalue weighted by Crippen LogP contribution is 1.99. The topological polar surface area (TPSA) is 52.1 Å². The van der Waals surface area contributed by atoms with Gasteiger partial charge in [-0.3, -0.25) is 4.79 Å². The quantitative estimate of drug-likeness (QED) is 0.662. The number of carbonyl (C=O) groups excluding carboxylic acids is 1. The number of hydrogen-bond donors (Lipinski definition) is 0. The second-order valence-corrected chi connectivity index (χ2v) is 3.18. The lowest BCUT2D eigenvalue weighted by Gasteiger charge is -2.03. The lowest BCUT2D eigenvalue weighted by Crippen LogP contribution is -2.13. The smallest absolute Gasteiger partial charge is 0.209 e. The van der Waals surface area contributed by atoms with E-state index in [1.807, 2.05) is 13.8 Å². The fraction of sp³-hybridized carbons (Fsp3) is 0.571. The highest BCUT2D eigenvalue weighted by Gasteiger charge is 2.09. The van der Waals surface area contributed by atoms with Crippen LogP contribution in [-0.4, -0.2) is 28.1 Å². The van der Waals surface area contributed by atoms with Gasteiger partial charge in [0.2, 0.25) is 5.78 Å². The lowest BCUT2D eigenvalue weighted by atomic mass is 10.3. The van der Waals surface area contributed by atoms with Gasteiger partial charge < -0.3 is 4.74 Å². The number of ether oxygens (including phenoxy) is 1. The Kier molecular flexibility index (Phi) is 3.31. The third-order valence-corrected chi connectivity index (χ3v) is 1.70. The highest BCUT2D eigenvalue weighted by atomic mass is 32.1. The molecule has 0 fully saturated rings. The molecule has 4 nitrogen and oxygen atoms in total. The SMILES string of the molecule is CC(C)OCC(=O)c1csnn1. The van der Waals surface area contributed by atoms with E-state index in [9.17, 15) is 4.79 Å². The Balaban J connectivity index is 2.40. The third-order valence-electron chi connectivity index (χ3n) is 1.19. The first kappa shape index (κ1) is 9.28. The minimum atomic E-state index is -0.113. The van der Waals surface area contributed by atoms with Crippen LogP contribution >= 0.6 is 11.5 Å². The Morgan fingerprint density at radius 1 is 1.75 bits per heavy atom. The largest absolute Gasteiger partial charge is 0.371 e. The van der Waals surface area contributed by atoms with Crippen molar-refractivity contribution in [2.75, 3.05) is 6.61 Å². The van der Waals surface area contributed by atoms with Gasteiger partial charge in [0.1, 0.15) is 12.3 Å². The van der Waals surface area contributed by atoms with Gasteiger partial charge in [-0.2, -0.15) is 0 Å². The van der Waals surface area contributed by atoms with E-state index >= 15 is 0 Å². The molecule has 0 saturated carbocycles. The van der Waals surface area contributed by atoms with Gasteiger partial charge in [0.05, 0.1) is 6.10 Å². The van der Waals surface area contributed by atoms with Gasteiger partial charge in [-0.15, -0.1) is 5.10 Å². The summed E-state index contributed by atoms with van der Waals surface area (Å²) >= 11 is 1.16. The van der Waals surface area contributed by atoms with Crippen molar-refractivity contribution in [3.8, 4) is 0 Å². The molecular formula is C7H10N2O2S. The minimum Gasteiger partial charge on any atom is -0.371 e. The van der Waals surface area contributed by atoms with Crippen LogP contribution in [0.1, 0.15) is 24.3 Å². The van der Waals surface area contributed by atoms with E-state index < -0.39 is 0 Å². The Morgan fingerprint density at radius 3 is 3.00 bits per heavy atom. The molecule has 1 aromatic heterocycles. The second-order valence-electron chi connectivity index (χ2n) is 2.57. The van der Waals surface area contributed by atoms with Crippen LogP contribution in [0.3, 0.4) is 0 Å². The Hall–Kier alpha value is -0.810. The van der Waals surface area contributed by atoms with Crippen LogP contribution in [0.15, 0.2) is 5.38 Å². The summed E-state index contributed by atoms with van der Waals surface area (Å²) in [5, 5.41) is 5.25. The van der Waals surface area contributed by atoms with Gasteiger partial charge in [-0.05, 0) is 25.4 Å². The van der Waals surface area contributed by atoms with Crippen LogP contribution in [0.2, 0.25) is 0 Å². The average Bonchev–Trinajstić information content (AvgIpc) is 2.51. The normalized spacial score (nSPS) is 10.6. The first-order valence-electron chi connectivity index (χ1n) is 3.62. The van der Waals surface area contributed by atoms with Gasteiger partial charge in [-0.1, -0.05) is 4.49 Å². The summed E-state index contributed by atoms with van der Waals surface area (Å²) in [7, 11) is 0. The molecule has 1 aromatic rings. The second kappa shape index (κ2) is 4.27. The number of aromatic nitrogens is 2. The molecule has 0 aromatic carbocycles. The Bertz CT molecular complexity index is 246. The molecule has 66 valence electrons. The van der Waals surface area contributed by atoms with E-state index in [1.165, 1.54) is 0 Å². The molecule has 0 aliphatic rings. The molecule has 0 N–H and O–H groups in total. The van der Waals surface area contributed by atoms with E-state index in [0.717, 1.165) is 11.5 Å². The number of rotatable bonds is 4. The average molecular weight is 186 g/mol. The highest BCUT2D eigenvalue weighted by molar-refractivity contribution is 7.03. The van der Waals surface area contributed by atoms with Crippen LogP contribution < -0.4 is 0 Å². The summed E-state index contributed by atoms with van der Waals surface area (Å²) in [6.45, 7) is 3.85. The van der Waals surface area contributed by atoms with Crippen LogP contribution in [-0.2, 0) is 4.74 Å². The molecule has 0 atom stereocenters. The zero-order valence-corrected chi connectivity index (χ0v) is 7.80. The molecule has 0 spiro atoms. The van der Waals surface area contributed by atoms with Crippen LogP contribution in [0, 0.1) is 0 Å². The molecule has 0 amide bonds. The van der Waals surface area contributed by atoms with Gasteiger partial charge >= 0.3 is 0 Å². The number of nitrogens with zero attached hydrogens (tertiary/aromatic N) is 2. The molecule has 0 aliphatic carbocycles. The summed E-state index contributed by atoms with van der Waals surface area (Å²) in [5.41, 5.74) is 0.389. The fourth-order valence-corrected chi connectivity index (χ4v) is 1.06. The number of ketones is 1. The Morgan fingerprint density at radius 2 is 2.50 bits per heavy atom. The van der Waals surface area contributed by atoms with Crippen molar-refractivity contribution in [2.45, 2.75) is 20.0 Å². The number of hydrogen-bond acceptors (Lipinski definition) is 5. The van der Waals surface area contributed by atoms with E-state index in [2.05, 4.69) is 9.59 Å². The van der Waals surface area contributed by atoms with Crippen molar-refractivity contribution in [3.63, 3.8) is 0 Å². The molecule has 0 unspecified atom stereocenters. The van der Waals surface area contributed by atoms with E-state index in [4.69, 9.17) is 4.74 Å². The summed E-state index contributed by atoms with van der Waals surface area (Å²) in [6, 6.07) is 0. The first-order chi connectivity index (χ1) is 5.70. The molecule has 0 aliphatic heterocycles. The molecule has 1 rings (SSSR count). The van der Waals surface area contributed by atoms with Crippen molar-refractivity contribution < 1.29 is 9.53 Å². The standard InChI is InChI=1S/C7H10N2O2S/c1-5(2)11-3-7(10)6-4-12-9-8-6/h4-5H,3H2,1-2H3. The third kappa shape index (κ3) is 2.67. The number of carbonyl (C=O) groups is 1. The summed E-state index contributed by atoms with van der Waals surface area (Å²) in [6.07, 6.45) is 0.0699. The van der Waals surface area contributed by atoms with Gasteiger partial charge in [0.15, 0.2) is 0 Å². The summed E-state index contributed by atoms with van der Waals surface area (Å²) in [4.78, 5) is 11.2. The fourth-order valence-electron chi connectivity index (χ4n) is 0.602. The maximum Gasteiger partial charge on any atom is 0.209 e. The molecule has 5 heteroatoms. The van der Waals surface area contributed by atoms with Crippen molar-refractivity contribution in [1.29, 1.82) is 0 Å². The van der Waals surface area contributed by atoms with Crippen molar-refractivity contribution >= 4 is 17.3 Å². The predicted molar refractivity (Wildman–Crippen MR) is 45.3 cm³/mol. The van der Waals surface area contributed by atoms with Crippen LogP contribution in [0.25, 0.3) is 0 Å². The molecule has 0 bridgehead atoms. The van der Waals surface area contributed by atoms with E-state index in [-0.39, 0.29) is 18.5 Å². The van der Waals surface area contributed by atoms with Gasteiger partial charge in [-0.25, -0.2) is 0 Å². The van der Waals surface area contributed by atoms with E-state index in [1.54, 1.807) is 5.38 Å². The Labute approximate surface area is 74.7 Å². The molecule has 0 radical (unpaired) electrons. The van der Waals surface area contributed by atoms with Crippen molar-refractivity contribution in [2.24, 2.45) is 0 Å². The van der Waals surface area contributed by atoms with Crippen LogP contribution in [0.5, 0.6) is 0 Å². The van der Waals surface area contributed by atoms with Crippen molar-refractivity contribution in [1.82, 2.24) is 9.59 Å². The van der Waals surface area contributed by atoms with Crippen LogP contribution in [0.4, 0.5) is 0 Å². The van der Waals surface area contributed by atoms with Gasteiger partial charge in [0.25, 0.3) is 0 Å². The molecule has 0 saturated heterocycles. The van der Waals surface area contributed by atoms with Gasteiger partial charge in [0, 0.05) is 5.38 Å². The number of Topliss-reactive ketones (excluding diaryl/α,β-unsaturated/α-hetero) is 1. The van der Waals surface area contributed by atoms with E-state index in [0.29, 0.717) is 5.69 Å². The summed E-state index contributed by atoms with van der Waals surface area (Å²) in [5.74, 6) is -0.113. The van der Waals surface area contributed by atoms with Crippen molar-refractivity contribution in [3.05, 3.63) is 11.1 Å². The maximum absolute atomic E-state index is 11.2. The minimum absolute atomic E-state index is 0.0699. The summed E-state index contributed by atoms with van der Waals surface area (Å²) < 4.78 is 8.70. The molecule has 1 heterocycles. The molecular weight excluding hydrogens is 176 g/mol. The maximum atomic E-state index is 11.2. The lowest BCUT2D eigenvalue weighted by molar-refractivity contribution is 0.0580. The first-order valence-corrected chi connectivity index (χ1v) is 4.45. The zero-order chi connectivity index (χ0) is 8.97. The monoisotopic (exact) mass is 186 g/mol.